The predicted molar refractivity (Wildman–Crippen MR) is 78.3 cm³/mol. The second-order valence-corrected chi connectivity index (χ2v) is 4.28. The average molecular weight is 273 g/mol. The number of rotatable bonds is 6. The zero-order valence-electron chi connectivity index (χ0n) is 12.0. The van der Waals surface area contributed by atoms with Gasteiger partial charge in [0.05, 0.1) is 7.11 Å². The molecule has 0 amide bonds. The van der Waals surface area contributed by atoms with Crippen LogP contribution >= 0.6 is 0 Å². The summed E-state index contributed by atoms with van der Waals surface area (Å²) in [5.41, 5.74) is 0.912. The molecule has 0 atom stereocenters. The molecule has 0 aliphatic rings. The summed E-state index contributed by atoms with van der Waals surface area (Å²) in [4.78, 5) is 8.78. The van der Waals surface area contributed by atoms with Gasteiger partial charge in [-0.2, -0.15) is 0 Å². The van der Waals surface area contributed by atoms with Gasteiger partial charge in [0.15, 0.2) is 17.3 Å². The van der Waals surface area contributed by atoms with Crippen molar-refractivity contribution < 1.29 is 9.47 Å². The third-order valence-corrected chi connectivity index (χ3v) is 2.68. The van der Waals surface area contributed by atoms with Gasteiger partial charge in [-0.25, -0.2) is 9.97 Å². The summed E-state index contributed by atoms with van der Waals surface area (Å²) in [5, 5.41) is 3.18. The van der Waals surface area contributed by atoms with E-state index in [4.69, 9.17) is 9.47 Å². The van der Waals surface area contributed by atoms with E-state index in [2.05, 4.69) is 15.3 Å². The van der Waals surface area contributed by atoms with Crippen molar-refractivity contribution in [2.75, 3.05) is 19.0 Å². The molecule has 1 aromatic carbocycles. The van der Waals surface area contributed by atoms with Crippen molar-refractivity contribution >= 4 is 5.82 Å². The summed E-state index contributed by atoms with van der Waals surface area (Å²) in [5.74, 6) is 2.85. The van der Waals surface area contributed by atoms with Crippen LogP contribution in [0.2, 0.25) is 0 Å². The van der Waals surface area contributed by atoms with Gasteiger partial charge in [0, 0.05) is 18.3 Å². The maximum Gasteiger partial charge on any atom is 0.168 e. The number of hydrogen-bond acceptors (Lipinski definition) is 5. The fraction of sp³-hybridized carbons (Fsp3) is 0.333. The maximum absolute atomic E-state index is 5.72. The van der Waals surface area contributed by atoms with E-state index in [0.717, 1.165) is 18.1 Å². The quantitative estimate of drug-likeness (QED) is 0.877. The van der Waals surface area contributed by atoms with E-state index in [9.17, 15) is 0 Å². The van der Waals surface area contributed by atoms with Crippen molar-refractivity contribution in [2.24, 2.45) is 0 Å². The molecule has 0 spiro atoms. The molecular weight excluding hydrogens is 254 g/mol. The topological polar surface area (TPSA) is 56.3 Å². The smallest absolute Gasteiger partial charge is 0.168 e. The minimum absolute atomic E-state index is 0.306. The molecule has 1 heterocycles. The Morgan fingerprint density at radius 2 is 1.90 bits per heavy atom. The standard InChI is InChI=1S/C15H19N3O2/c1-4-16-14-9-11(2)17-15(18-14)10-20-13-8-6-5-7-12(13)19-3/h5-9H,4,10H2,1-3H3,(H,16,17,18). The minimum Gasteiger partial charge on any atom is -0.493 e. The lowest BCUT2D eigenvalue weighted by Crippen LogP contribution is -2.07. The Morgan fingerprint density at radius 3 is 2.60 bits per heavy atom. The van der Waals surface area contributed by atoms with E-state index in [-0.39, 0.29) is 0 Å². The number of anilines is 1. The molecule has 0 unspecified atom stereocenters. The van der Waals surface area contributed by atoms with E-state index in [1.807, 2.05) is 44.2 Å². The van der Waals surface area contributed by atoms with Crippen molar-refractivity contribution in [3.05, 3.63) is 41.9 Å². The molecule has 0 saturated carbocycles. The number of methoxy groups -OCH3 is 1. The first-order valence-electron chi connectivity index (χ1n) is 6.57. The van der Waals surface area contributed by atoms with Gasteiger partial charge in [0.25, 0.3) is 0 Å². The molecule has 0 saturated heterocycles. The first kappa shape index (κ1) is 14.1. The number of ether oxygens (including phenoxy) is 2. The van der Waals surface area contributed by atoms with E-state index in [1.165, 1.54) is 0 Å². The third kappa shape index (κ3) is 3.60. The summed E-state index contributed by atoms with van der Waals surface area (Å²) >= 11 is 0. The molecule has 5 nitrogen and oxygen atoms in total. The van der Waals surface area contributed by atoms with E-state index < -0.39 is 0 Å². The molecule has 2 aromatic rings. The van der Waals surface area contributed by atoms with Crippen LogP contribution in [0.4, 0.5) is 5.82 Å². The molecule has 20 heavy (non-hydrogen) atoms. The molecule has 0 fully saturated rings. The van der Waals surface area contributed by atoms with Crippen molar-refractivity contribution in [3.8, 4) is 11.5 Å². The molecule has 0 aliphatic carbocycles. The van der Waals surface area contributed by atoms with Crippen molar-refractivity contribution in [1.29, 1.82) is 0 Å². The van der Waals surface area contributed by atoms with Gasteiger partial charge >= 0.3 is 0 Å². The highest BCUT2D eigenvalue weighted by Gasteiger charge is 2.06. The first-order chi connectivity index (χ1) is 9.72. The monoisotopic (exact) mass is 273 g/mol. The molecule has 5 heteroatoms. The van der Waals surface area contributed by atoms with Gasteiger partial charge in [-0.15, -0.1) is 0 Å². The second kappa shape index (κ2) is 6.75. The SMILES string of the molecule is CCNc1cc(C)nc(COc2ccccc2OC)n1. The zero-order chi connectivity index (χ0) is 14.4. The molecule has 1 N–H and O–H groups in total. The van der Waals surface area contributed by atoms with Crippen LogP contribution in [-0.2, 0) is 6.61 Å². The molecular formula is C15H19N3O2. The highest BCUT2D eigenvalue weighted by Crippen LogP contribution is 2.26. The van der Waals surface area contributed by atoms with Crippen LogP contribution in [0, 0.1) is 6.92 Å². The van der Waals surface area contributed by atoms with Gasteiger partial charge in [0.2, 0.25) is 0 Å². The molecule has 2 rings (SSSR count). The summed E-state index contributed by atoms with van der Waals surface area (Å²) < 4.78 is 11.0. The van der Waals surface area contributed by atoms with Crippen LogP contribution in [0.25, 0.3) is 0 Å². The Morgan fingerprint density at radius 1 is 1.15 bits per heavy atom. The lowest BCUT2D eigenvalue weighted by molar-refractivity contribution is 0.276. The van der Waals surface area contributed by atoms with Crippen LogP contribution in [0.1, 0.15) is 18.4 Å². The number of hydrogen-bond donors (Lipinski definition) is 1. The molecule has 0 radical (unpaired) electrons. The number of para-hydroxylation sites is 2. The van der Waals surface area contributed by atoms with Gasteiger partial charge in [-0.05, 0) is 26.0 Å². The van der Waals surface area contributed by atoms with Crippen LogP contribution in [-0.4, -0.2) is 23.6 Å². The van der Waals surface area contributed by atoms with Crippen LogP contribution in [0.3, 0.4) is 0 Å². The van der Waals surface area contributed by atoms with Crippen LogP contribution < -0.4 is 14.8 Å². The Bertz CT molecular complexity index is 573. The number of nitrogens with one attached hydrogen (secondary N) is 1. The molecule has 0 bridgehead atoms. The molecule has 106 valence electrons. The lowest BCUT2D eigenvalue weighted by atomic mass is 10.3. The van der Waals surface area contributed by atoms with Crippen LogP contribution in [0.5, 0.6) is 11.5 Å². The Hall–Kier alpha value is -2.30. The maximum atomic E-state index is 5.72. The Kier molecular flexibility index (Phi) is 4.76. The summed E-state index contributed by atoms with van der Waals surface area (Å²) in [6, 6.07) is 9.43. The Balaban J connectivity index is 2.10. The predicted octanol–water partition coefficient (Wildman–Crippen LogP) is 2.80. The highest BCUT2D eigenvalue weighted by molar-refractivity contribution is 5.39. The average Bonchev–Trinajstić information content (AvgIpc) is 2.45. The van der Waals surface area contributed by atoms with Gasteiger partial charge in [-0.3, -0.25) is 0 Å². The summed E-state index contributed by atoms with van der Waals surface area (Å²) in [7, 11) is 1.62. The Labute approximate surface area is 119 Å². The van der Waals surface area contributed by atoms with E-state index >= 15 is 0 Å². The third-order valence-electron chi connectivity index (χ3n) is 2.68. The summed E-state index contributed by atoms with van der Waals surface area (Å²) in [6.45, 7) is 5.10. The van der Waals surface area contributed by atoms with Crippen molar-refractivity contribution in [3.63, 3.8) is 0 Å². The van der Waals surface area contributed by atoms with Gasteiger partial charge in [-0.1, -0.05) is 12.1 Å². The summed E-state index contributed by atoms with van der Waals surface area (Å²) in [6.07, 6.45) is 0. The lowest BCUT2D eigenvalue weighted by Gasteiger charge is -2.11. The number of benzene rings is 1. The first-order valence-corrected chi connectivity index (χ1v) is 6.57. The fourth-order valence-electron chi connectivity index (χ4n) is 1.85. The highest BCUT2D eigenvalue weighted by atomic mass is 16.5. The molecule has 1 aromatic heterocycles. The fourth-order valence-corrected chi connectivity index (χ4v) is 1.85. The van der Waals surface area contributed by atoms with E-state index in [1.54, 1.807) is 7.11 Å². The van der Waals surface area contributed by atoms with Crippen molar-refractivity contribution in [2.45, 2.75) is 20.5 Å². The largest absolute Gasteiger partial charge is 0.493 e. The minimum atomic E-state index is 0.306. The second-order valence-electron chi connectivity index (χ2n) is 4.28. The number of nitrogens with zero attached hydrogens (tertiary/aromatic N) is 2. The van der Waals surface area contributed by atoms with Crippen LogP contribution in [0.15, 0.2) is 30.3 Å². The zero-order valence-corrected chi connectivity index (χ0v) is 12.0. The normalized spacial score (nSPS) is 10.2. The van der Waals surface area contributed by atoms with Gasteiger partial charge < -0.3 is 14.8 Å². The molecule has 0 aliphatic heterocycles. The number of aromatic nitrogens is 2. The van der Waals surface area contributed by atoms with Crippen molar-refractivity contribution in [1.82, 2.24) is 9.97 Å². The van der Waals surface area contributed by atoms with Gasteiger partial charge in [0.1, 0.15) is 12.4 Å². The number of aryl methyl sites for hydroxylation is 1. The van der Waals surface area contributed by atoms with E-state index in [0.29, 0.717) is 23.9 Å².